The smallest absolute Gasteiger partial charge is 0.103 e. The van der Waals surface area contributed by atoms with E-state index in [2.05, 4.69) is 137 Å². The molecule has 7 aromatic carbocycles. The van der Waals surface area contributed by atoms with E-state index in [-0.39, 0.29) is 0 Å². The van der Waals surface area contributed by atoms with Gasteiger partial charge in [-0.1, -0.05) is 72.8 Å². The van der Waals surface area contributed by atoms with E-state index in [1.165, 1.54) is 40.3 Å². The van der Waals surface area contributed by atoms with E-state index < -0.39 is 0 Å². The van der Waals surface area contributed by atoms with Gasteiger partial charge in [-0.2, -0.15) is 10.5 Å². The van der Waals surface area contributed by atoms with Crippen LogP contribution in [0.1, 0.15) is 11.1 Å². The van der Waals surface area contributed by atoms with Gasteiger partial charge in [-0.15, -0.1) is 22.7 Å². The molecule has 4 nitrogen and oxygen atoms in total. The second-order valence-corrected chi connectivity index (χ2v) is 14.9. The zero-order valence-electron chi connectivity index (χ0n) is 26.3. The Balaban J connectivity index is 1.34. The Morgan fingerprint density at radius 1 is 0.400 bits per heavy atom. The number of fused-ring (bicyclic) bond motifs is 12. The van der Waals surface area contributed by atoms with E-state index in [0.717, 1.165) is 49.3 Å². The normalized spacial score (nSPS) is 12.0. The van der Waals surface area contributed by atoms with Gasteiger partial charge in [0, 0.05) is 61.9 Å². The van der Waals surface area contributed by atoms with Gasteiger partial charge in [-0.05, 0) is 60.7 Å². The van der Waals surface area contributed by atoms with Crippen LogP contribution in [0, 0.1) is 22.7 Å². The molecule has 6 heteroatoms. The van der Waals surface area contributed by atoms with Gasteiger partial charge < -0.3 is 9.13 Å². The van der Waals surface area contributed by atoms with E-state index in [0.29, 0.717) is 16.8 Å². The third-order valence-electron chi connectivity index (χ3n) is 10.2. The number of nitriles is 2. The Kier molecular flexibility index (Phi) is 5.52. The van der Waals surface area contributed by atoms with Crippen LogP contribution in [0.4, 0.5) is 0 Å². The predicted octanol–water partition coefficient (Wildman–Crippen LogP) is 12.4. The lowest BCUT2D eigenvalue weighted by Crippen LogP contribution is -2.07. The molecule has 0 aliphatic heterocycles. The summed E-state index contributed by atoms with van der Waals surface area (Å²) in [7, 11) is 0. The van der Waals surface area contributed by atoms with Crippen molar-refractivity contribution in [3.05, 3.63) is 145 Å². The Labute approximate surface area is 293 Å². The van der Waals surface area contributed by atoms with Crippen molar-refractivity contribution in [2.24, 2.45) is 0 Å². The molecule has 230 valence electrons. The van der Waals surface area contributed by atoms with Crippen LogP contribution in [-0.2, 0) is 0 Å². The van der Waals surface area contributed by atoms with Crippen molar-refractivity contribution in [1.29, 1.82) is 10.5 Å². The Morgan fingerprint density at radius 3 is 1.46 bits per heavy atom. The average molecular weight is 671 g/mol. The van der Waals surface area contributed by atoms with Crippen molar-refractivity contribution in [3.63, 3.8) is 0 Å². The quantitative estimate of drug-likeness (QED) is 0.184. The average Bonchev–Trinajstić information content (AvgIpc) is 3.89. The largest absolute Gasteiger partial charge is 0.307 e. The van der Waals surface area contributed by atoms with Crippen molar-refractivity contribution < 1.29 is 0 Å². The van der Waals surface area contributed by atoms with Gasteiger partial charge in [0.05, 0.1) is 44.6 Å². The molecule has 0 atom stereocenters. The number of rotatable bonds is 2. The third-order valence-corrected chi connectivity index (χ3v) is 12.5. The first-order chi connectivity index (χ1) is 24.7. The molecule has 0 unspecified atom stereocenters. The van der Waals surface area contributed by atoms with Crippen LogP contribution in [0.3, 0.4) is 0 Å². The molecule has 0 saturated heterocycles. The molecule has 11 rings (SSSR count). The zero-order valence-corrected chi connectivity index (χ0v) is 27.9. The monoisotopic (exact) mass is 670 g/mol. The van der Waals surface area contributed by atoms with Crippen LogP contribution >= 0.6 is 22.7 Å². The molecule has 50 heavy (non-hydrogen) atoms. The van der Waals surface area contributed by atoms with Crippen LogP contribution in [0.5, 0.6) is 0 Å². The molecule has 0 radical (unpaired) electrons. The lowest BCUT2D eigenvalue weighted by Gasteiger charge is -2.19. The number of para-hydroxylation sites is 2. The highest BCUT2D eigenvalue weighted by Crippen LogP contribution is 2.45. The van der Waals surface area contributed by atoms with E-state index in [1.54, 1.807) is 17.4 Å². The van der Waals surface area contributed by atoms with Gasteiger partial charge in [-0.3, -0.25) is 0 Å². The summed E-state index contributed by atoms with van der Waals surface area (Å²) in [5, 5.41) is 30.6. The highest BCUT2D eigenvalue weighted by atomic mass is 32.1. The summed E-state index contributed by atoms with van der Waals surface area (Å²) >= 11 is 3.62. The summed E-state index contributed by atoms with van der Waals surface area (Å²) in [4.78, 5) is 0. The summed E-state index contributed by atoms with van der Waals surface area (Å²) < 4.78 is 9.50. The lowest BCUT2D eigenvalue weighted by molar-refractivity contribution is 1.09. The fraction of sp³-hybridized carbons (Fsp3) is 0. The minimum absolute atomic E-state index is 0.353. The van der Waals surface area contributed by atoms with E-state index in [1.807, 2.05) is 23.5 Å². The maximum Gasteiger partial charge on any atom is 0.103 e. The standard InChI is InChI=1S/C44H22N4S2/c45-23-25-17-18-37(47-35-13-5-1-9-26(35)30-21-42-32(19-38(30)47)28-11-3-7-15-40(28)49-42)44(34(25)24-46)48-36-14-6-2-10-27(36)31-22-43-33(20-39(31)48)29-12-4-8-16-41(29)50-43/h1-22H. The fourth-order valence-corrected chi connectivity index (χ4v) is 10.3. The highest BCUT2D eigenvalue weighted by molar-refractivity contribution is 7.26. The van der Waals surface area contributed by atoms with Gasteiger partial charge >= 0.3 is 0 Å². The summed E-state index contributed by atoms with van der Waals surface area (Å²) in [5.41, 5.74) is 6.36. The number of benzene rings is 7. The minimum Gasteiger partial charge on any atom is -0.307 e. The van der Waals surface area contributed by atoms with Crippen LogP contribution in [0.15, 0.2) is 133 Å². The van der Waals surface area contributed by atoms with Crippen LogP contribution in [0.25, 0.3) is 95.3 Å². The molecular formula is C44H22N4S2. The maximum absolute atomic E-state index is 10.9. The van der Waals surface area contributed by atoms with Crippen molar-refractivity contribution in [2.45, 2.75) is 0 Å². The van der Waals surface area contributed by atoms with Crippen molar-refractivity contribution in [3.8, 4) is 23.5 Å². The van der Waals surface area contributed by atoms with Gasteiger partial charge in [0.15, 0.2) is 0 Å². The summed E-state index contributed by atoms with van der Waals surface area (Å²) in [6.45, 7) is 0. The van der Waals surface area contributed by atoms with Gasteiger partial charge in [0.25, 0.3) is 0 Å². The number of aromatic nitrogens is 2. The molecule has 4 heterocycles. The number of hydrogen-bond acceptors (Lipinski definition) is 4. The SMILES string of the molecule is N#Cc1ccc(-n2c3ccccc3c3cc4sc5ccccc5c4cc32)c(-n2c3ccccc3c3cc4sc5ccccc5c4cc32)c1C#N. The Hall–Kier alpha value is -6.44. The first-order valence-corrected chi connectivity index (χ1v) is 18.0. The second kappa shape index (κ2) is 10.0. The molecular weight excluding hydrogens is 649 g/mol. The van der Waals surface area contributed by atoms with Gasteiger partial charge in [0.1, 0.15) is 12.1 Å². The van der Waals surface area contributed by atoms with Crippen molar-refractivity contribution in [1.82, 2.24) is 9.13 Å². The maximum atomic E-state index is 10.9. The van der Waals surface area contributed by atoms with Crippen LogP contribution in [0.2, 0.25) is 0 Å². The van der Waals surface area contributed by atoms with Crippen LogP contribution in [-0.4, -0.2) is 9.13 Å². The summed E-state index contributed by atoms with van der Waals surface area (Å²) in [6, 6.07) is 51.9. The molecule has 0 bridgehead atoms. The first-order valence-electron chi connectivity index (χ1n) is 16.4. The summed E-state index contributed by atoms with van der Waals surface area (Å²) in [5.74, 6) is 0. The Morgan fingerprint density at radius 2 is 0.900 bits per heavy atom. The topological polar surface area (TPSA) is 57.4 Å². The van der Waals surface area contributed by atoms with Gasteiger partial charge in [0.2, 0.25) is 0 Å². The second-order valence-electron chi connectivity index (χ2n) is 12.7. The zero-order chi connectivity index (χ0) is 33.1. The molecule has 0 saturated carbocycles. The molecule has 0 fully saturated rings. The van der Waals surface area contributed by atoms with E-state index in [9.17, 15) is 10.5 Å². The lowest BCUT2D eigenvalue weighted by atomic mass is 10.0. The van der Waals surface area contributed by atoms with Crippen molar-refractivity contribution >= 4 is 107 Å². The molecule has 0 spiro atoms. The fourth-order valence-electron chi connectivity index (χ4n) is 8.07. The molecule has 0 N–H and O–H groups in total. The van der Waals surface area contributed by atoms with E-state index >= 15 is 0 Å². The minimum atomic E-state index is 0.353. The third kappa shape index (κ3) is 3.56. The molecule has 11 aromatic rings. The highest BCUT2D eigenvalue weighted by Gasteiger charge is 2.25. The van der Waals surface area contributed by atoms with E-state index in [4.69, 9.17) is 0 Å². The van der Waals surface area contributed by atoms with Gasteiger partial charge in [-0.25, -0.2) is 0 Å². The first kappa shape index (κ1) is 27.5. The van der Waals surface area contributed by atoms with Crippen LogP contribution < -0.4 is 0 Å². The molecule has 0 aliphatic carbocycles. The summed E-state index contributed by atoms with van der Waals surface area (Å²) in [6.07, 6.45) is 0. The van der Waals surface area contributed by atoms with Crippen molar-refractivity contribution in [2.75, 3.05) is 0 Å². The molecule has 0 aliphatic rings. The Bertz CT molecular complexity index is 3360. The number of thiophene rings is 2. The number of nitrogens with zero attached hydrogens (tertiary/aromatic N) is 4. The number of hydrogen-bond donors (Lipinski definition) is 0. The molecule has 4 aromatic heterocycles. The predicted molar refractivity (Wildman–Crippen MR) is 210 cm³/mol. The molecule has 0 amide bonds.